The van der Waals surface area contributed by atoms with E-state index in [-0.39, 0.29) is 4.88 Å². The Kier molecular flexibility index (Phi) is 4.38. The van der Waals surface area contributed by atoms with Crippen LogP contribution in [0.1, 0.15) is 10.1 Å². The summed E-state index contributed by atoms with van der Waals surface area (Å²) in [7, 11) is 0.0451. The van der Waals surface area contributed by atoms with Crippen LogP contribution in [0.4, 0.5) is 13.2 Å². The maximum atomic E-state index is 12.6. The van der Waals surface area contributed by atoms with Crippen LogP contribution in [0.5, 0.6) is 0 Å². The summed E-state index contributed by atoms with van der Waals surface area (Å²) in [6, 6.07) is 1.08. The summed E-state index contributed by atoms with van der Waals surface area (Å²) < 4.78 is 60.2. The van der Waals surface area contributed by atoms with Gasteiger partial charge in [-0.15, -0.1) is 11.3 Å². The fourth-order valence-electron chi connectivity index (χ4n) is 0.952. The van der Waals surface area contributed by atoms with Crippen LogP contribution in [-0.4, -0.2) is 14.6 Å². The zero-order valence-corrected chi connectivity index (χ0v) is 12.6. The molecule has 0 fully saturated rings. The molecule has 0 bridgehead atoms. The second kappa shape index (κ2) is 4.75. The number of hydrogen-bond acceptors (Lipinski definition) is 3. The van der Waals surface area contributed by atoms with E-state index in [1.54, 1.807) is 0 Å². The number of hydrogen-bond donors (Lipinski definition) is 0. The summed E-state index contributed by atoms with van der Waals surface area (Å²) >= 11 is 6.62. The number of rotatable bonds is 2. The monoisotopic (exact) mass is 420 g/mol. The number of halogens is 6. The van der Waals surface area contributed by atoms with Gasteiger partial charge in [-0.2, -0.15) is 13.2 Å². The van der Waals surface area contributed by atoms with Crippen LogP contribution < -0.4 is 0 Å². The van der Waals surface area contributed by atoms with Crippen molar-refractivity contribution in [1.82, 2.24) is 0 Å². The molecule has 1 heterocycles. The molecule has 0 N–H and O–H groups in total. The topological polar surface area (TPSA) is 34.1 Å². The largest absolute Gasteiger partial charge is 0.411 e. The molecule has 0 saturated carbocycles. The smallest absolute Gasteiger partial charge is 0.211 e. The Morgan fingerprint density at radius 2 is 1.88 bits per heavy atom. The fraction of sp³-hybridized carbons (Fsp3) is 0.333. The summed E-state index contributed by atoms with van der Waals surface area (Å²) in [5.41, 5.74) is 0. The van der Waals surface area contributed by atoms with Crippen LogP contribution in [0.2, 0.25) is 0 Å². The molecule has 0 radical (unpaired) electrons. The Bertz CT molecular complexity index is 477. The second-order valence-electron chi connectivity index (χ2n) is 2.67. The molecule has 0 aliphatic heterocycles. The molecule has 0 aliphatic rings. The van der Waals surface area contributed by atoms with Gasteiger partial charge in [-0.3, -0.25) is 0 Å². The second-order valence-corrected chi connectivity index (χ2v) is 8.64. The number of thiophene rings is 1. The lowest BCUT2D eigenvalue weighted by atomic mass is 10.3. The van der Waals surface area contributed by atoms with Crippen LogP contribution in [0.25, 0.3) is 0 Å². The van der Waals surface area contributed by atoms with Crippen molar-refractivity contribution in [2.75, 3.05) is 0 Å². The predicted molar refractivity (Wildman–Crippen MR) is 63.3 cm³/mol. The van der Waals surface area contributed by atoms with Crippen LogP contribution >= 0.6 is 53.9 Å². The van der Waals surface area contributed by atoms with Crippen molar-refractivity contribution < 1.29 is 21.6 Å². The van der Waals surface area contributed by atoms with Gasteiger partial charge >= 0.3 is 6.18 Å². The van der Waals surface area contributed by atoms with Crippen molar-refractivity contribution >= 4 is 62.9 Å². The molecule has 1 atom stereocenters. The van der Waals surface area contributed by atoms with Crippen LogP contribution in [-0.2, 0) is 9.05 Å². The first-order valence-corrected chi connectivity index (χ1v) is 8.26. The highest BCUT2D eigenvalue weighted by atomic mass is 79.9. The lowest BCUT2D eigenvalue weighted by Gasteiger charge is -2.15. The highest BCUT2D eigenvalue weighted by molar-refractivity contribution is 9.13. The molecule has 92 valence electrons. The molecule has 10 heteroatoms. The average Bonchev–Trinajstić information content (AvgIpc) is 2.24. The molecule has 0 saturated heterocycles. The van der Waals surface area contributed by atoms with Crippen molar-refractivity contribution in [3.05, 3.63) is 19.2 Å². The summed E-state index contributed by atoms with van der Waals surface area (Å²) in [4.78, 5) is -0.388. The van der Waals surface area contributed by atoms with Gasteiger partial charge in [0.1, 0.15) is 0 Å². The van der Waals surface area contributed by atoms with E-state index in [4.69, 9.17) is 10.7 Å². The normalized spacial score (nSPS) is 15.1. The molecule has 0 aromatic carbocycles. The zero-order chi connectivity index (χ0) is 12.7. The maximum absolute atomic E-state index is 12.6. The molecule has 0 aliphatic carbocycles. The summed E-state index contributed by atoms with van der Waals surface area (Å²) in [6.07, 6.45) is -4.94. The first kappa shape index (κ1) is 14.7. The first-order chi connectivity index (χ1) is 7.03. The Morgan fingerprint density at radius 3 is 2.12 bits per heavy atom. The van der Waals surface area contributed by atoms with Gasteiger partial charge in [0.25, 0.3) is 0 Å². The van der Waals surface area contributed by atoms with Crippen LogP contribution in [0.3, 0.4) is 0 Å². The van der Waals surface area contributed by atoms with Crippen molar-refractivity contribution in [2.24, 2.45) is 0 Å². The number of alkyl halides is 3. The molecule has 1 aromatic rings. The van der Waals surface area contributed by atoms with E-state index < -0.39 is 20.5 Å². The average molecular weight is 422 g/mol. The van der Waals surface area contributed by atoms with Crippen molar-refractivity contribution in [3.8, 4) is 0 Å². The van der Waals surface area contributed by atoms with E-state index in [0.717, 1.165) is 6.07 Å². The maximum Gasteiger partial charge on any atom is 0.411 e. The molecule has 2 nitrogen and oxygen atoms in total. The van der Waals surface area contributed by atoms with Crippen molar-refractivity contribution in [1.29, 1.82) is 0 Å². The quantitative estimate of drug-likeness (QED) is 0.660. The lowest BCUT2D eigenvalue weighted by molar-refractivity contribution is -0.130. The molecular formula is C6H2Br2ClF3O2S2. The van der Waals surface area contributed by atoms with Gasteiger partial charge in [-0.05, 0) is 37.9 Å². The minimum Gasteiger partial charge on any atom is -0.211 e. The molecule has 16 heavy (non-hydrogen) atoms. The minimum absolute atomic E-state index is 0.349. The Morgan fingerprint density at radius 1 is 1.38 bits per heavy atom. The Hall–Kier alpha value is 0.690. The van der Waals surface area contributed by atoms with Crippen LogP contribution in [0, 0.1) is 0 Å². The highest BCUT2D eigenvalue weighted by Gasteiger charge is 2.50. The summed E-state index contributed by atoms with van der Waals surface area (Å²) in [5, 5.41) is -2.70. The van der Waals surface area contributed by atoms with Crippen molar-refractivity contribution in [3.63, 3.8) is 0 Å². The summed E-state index contributed by atoms with van der Waals surface area (Å²) in [6.45, 7) is 0. The minimum atomic E-state index is -4.94. The molecule has 1 rings (SSSR count). The Balaban J connectivity index is 3.34. The van der Waals surface area contributed by atoms with Gasteiger partial charge in [-0.1, -0.05) is 0 Å². The molecular weight excluding hydrogens is 420 g/mol. The van der Waals surface area contributed by atoms with Gasteiger partial charge in [-0.25, -0.2) is 8.42 Å². The Labute approximate surface area is 114 Å². The molecule has 0 amide bonds. The first-order valence-electron chi connectivity index (χ1n) is 3.48. The van der Waals surface area contributed by atoms with E-state index in [1.807, 2.05) is 0 Å². The van der Waals surface area contributed by atoms with E-state index in [9.17, 15) is 21.6 Å². The fourth-order valence-corrected chi connectivity index (χ4v) is 4.99. The lowest BCUT2D eigenvalue weighted by Crippen LogP contribution is -2.24. The third-order valence-corrected chi connectivity index (χ3v) is 6.59. The van der Waals surface area contributed by atoms with Gasteiger partial charge in [0.05, 0.1) is 3.79 Å². The van der Waals surface area contributed by atoms with Gasteiger partial charge in [0.15, 0.2) is 0 Å². The SMILES string of the molecule is O=S(=O)(Cl)C(c1cc(Br)c(Br)s1)C(F)(F)F. The van der Waals surface area contributed by atoms with Gasteiger partial charge < -0.3 is 0 Å². The predicted octanol–water partition coefficient (Wildman–Crippen LogP) is 4.45. The van der Waals surface area contributed by atoms with Crippen LogP contribution in [0.15, 0.2) is 14.3 Å². The third kappa shape index (κ3) is 3.34. The van der Waals surface area contributed by atoms with E-state index in [2.05, 4.69) is 31.9 Å². The van der Waals surface area contributed by atoms with Gasteiger partial charge in [0, 0.05) is 20.0 Å². The van der Waals surface area contributed by atoms with E-state index in [0.29, 0.717) is 19.6 Å². The molecule has 0 spiro atoms. The summed E-state index contributed by atoms with van der Waals surface area (Å²) in [5.74, 6) is 0. The van der Waals surface area contributed by atoms with E-state index in [1.165, 1.54) is 0 Å². The molecule has 1 unspecified atom stereocenters. The van der Waals surface area contributed by atoms with Crippen molar-refractivity contribution in [2.45, 2.75) is 11.4 Å². The standard InChI is InChI=1S/C6H2Br2ClF3O2S2/c7-2-1-3(15-5(2)8)4(6(10,11)12)16(9,13)14/h1,4H. The highest BCUT2D eigenvalue weighted by Crippen LogP contribution is 2.46. The molecule has 1 aromatic heterocycles. The third-order valence-electron chi connectivity index (χ3n) is 1.50. The van der Waals surface area contributed by atoms with E-state index >= 15 is 0 Å². The van der Waals surface area contributed by atoms with Gasteiger partial charge in [0.2, 0.25) is 14.3 Å². The zero-order valence-electron chi connectivity index (χ0n) is 7.06.